The van der Waals surface area contributed by atoms with Crippen molar-refractivity contribution in [2.75, 3.05) is 0 Å². The highest BCUT2D eigenvalue weighted by Crippen LogP contribution is 2.36. The zero-order valence-electron chi connectivity index (χ0n) is 7.45. The van der Waals surface area contributed by atoms with Crippen molar-refractivity contribution in [3.63, 3.8) is 0 Å². The fourth-order valence-electron chi connectivity index (χ4n) is 1.53. The average Bonchev–Trinajstić information content (AvgIpc) is 2.55. The molecule has 0 aliphatic rings. The predicted octanol–water partition coefficient (Wildman–Crippen LogP) is 5.98. The third kappa shape index (κ3) is 1.89. The van der Waals surface area contributed by atoms with E-state index >= 15 is 0 Å². The van der Waals surface area contributed by atoms with Gasteiger partial charge >= 0.3 is 0 Å². The minimum atomic E-state index is 0. The van der Waals surface area contributed by atoms with Gasteiger partial charge in [-0.2, -0.15) is 0 Å². The molecule has 0 aliphatic carbocycles. The number of halogens is 1. The molecular weight excluding hydrogens is 277 g/mol. The lowest BCUT2D eigenvalue weighted by Crippen LogP contribution is -1.70. The molecule has 1 aromatic carbocycles. The van der Waals surface area contributed by atoms with Gasteiger partial charge in [-0.25, -0.2) is 0 Å². The summed E-state index contributed by atoms with van der Waals surface area (Å²) >= 11 is 12.9. The molecule has 0 spiro atoms. The topological polar surface area (TPSA) is 15.8 Å². The van der Waals surface area contributed by atoms with Gasteiger partial charge in [0.2, 0.25) is 0 Å². The van der Waals surface area contributed by atoms with Crippen LogP contribution in [0.3, 0.4) is 0 Å². The molecule has 16 heavy (non-hydrogen) atoms. The van der Waals surface area contributed by atoms with E-state index in [-0.39, 0.29) is 7.43 Å². The maximum absolute atomic E-state index is 6.15. The van der Waals surface area contributed by atoms with Crippen LogP contribution in [0.25, 0.3) is 20.5 Å². The third-order valence-corrected chi connectivity index (χ3v) is 5.06. The lowest BCUT2D eigenvalue weighted by atomic mass is 10.2. The first kappa shape index (κ1) is 12.0. The second-order valence-electron chi connectivity index (χ2n) is 3.16. The lowest BCUT2D eigenvalue weighted by molar-refractivity contribution is 1.50. The molecule has 0 amide bonds. The van der Waals surface area contributed by atoms with Crippen molar-refractivity contribution >= 4 is 63.8 Å². The van der Waals surface area contributed by atoms with Gasteiger partial charge in [0.1, 0.15) is 0 Å². The second-order valence-corrected chi connectivity index (χ2v) is 6.43. The van der Waals surface area contributed by atoms with Gasteiger partial charge in [0.15, 0.2) is 3.95 Å². The molecule has 1 nitrogen and oxygen atoms in total. The van der Waals surface area contributed by atoms with Crippen LogP contribution in [0, 0.1) is 3.95 Å². The van der Waals surface area contributed by atoms with Crippen molar-refractivity contribution in [1.29, 1.82) is 0 Å². The molecule has 0 atom stereocenters. The maximum atomic E-state index is 6.15. The van der Waals surface area contributed by atoms with Crippen LogP contribution in [0.4, 0.5) is 0 Å². The molecule has 2 aromatic heterocycles. The minimum Gasteiger partial charge on any atom is -0.333 e. The van der Waals surface area contributed by atoms with Crippen LogP contribution in [-0.4, -0.2) is 4.98 Å². The number of nitrogens with one attached hydrogen (secondary N) is 1. The molecule has 82 valence electrons. The summed E-state index contributed by atoms with van der Waals surface area (Å²) in [5.41, 5.74) is 0. The zero-order chi connectivity index (χ0) is 10.4. The first-order chi connectivity index (χ1) is 7.24. The fourth-order valence-corrected chi connectivity index (χ4v) is 4.35. The number of rotatable bonds is 0. The van der Waals surface area contributed by atoms with E-state index in [1.807, 2.05) is 12.1 Å². The van der Waals surface area contributed by atoms with Crippen LogP contribution in [0.2, 0.25) is 5.02 Å². The molecule has 1 N–H and O–H groups in total. The van der Waals surface area contributed by atoms with Gasteiger partial charge in [0, 0.05) is 15.5 Å². The van der Waals surface area contributed by atoms with Crippen LogP contribution in [0.5, 0.6) is 0 Å². The summed E-state index contributed by atoms with van der Waals surface area (Å²) in [6, 6.07) is 8.11. The van der Waals surface area contributed by atoms with E-state index in [4.69, 9.17) is 23.8 Å². The van der Waals surface area contributed by atoms with Gasteiger partial charge in [0.05, 0.1) is 9.95 Å². The minimum absolute atomic E-state index is 0. The molecule has 3 aromatic rings. The van der Waals surface area contributed by atoms with Crippen molar-refractivity contribution in [3.8, 4) is 0 Å². The van der Waals surface area contributed by atoms with Gasteiger partial charge in [-0.05, 0) is 38.6 Å². The molecule has 2 heterocycles. The largest absolute Gasteiger partial charge is 0.333 e. The van der Waals surface area contributed by atoms with Crippen LogP contribution in [-0.2, 0) is 0 Å². The average molecular weight is 286 g/mol. The summed E-state index contributed by atoms with van der Waals surface area (Å²) in [4.78, 5) is 3.20. The molecule has 0 unspecified atom stereocenters. The number of benzene rings is 1. The van der Waals surface area contributed by atoms with E-state index in [2.05, 4.69) is 17.1 Å². The quantitative estimate of drug-likeness (QED) is 0.502. The summed E-state index contributed by atoms with van der Waals surface area (Å²) in [7, 11) is 1.16. The summed E-state index contributed by atoms with van der Waals surface area (Å²) in [5.74, 6) is 0. The molecular formula is C11H9ClNPS2. The molecule has 0 saturated heterocycles. The number of aromatic nitrogens is 1. The Hall–Kier alpha value is -0.470. The van der Waals surface area contributed by atoms with Crippen LogP contribution < -0.4 is 0 Å². The van der Waals surface area contributed by atoms with Gasteiger partial charge in [-0.1, -0.05) is 25.1 Å². The highest BCUT2D eigenvalue weighted by atomic mass is 35.5. The zero-order valence-corrected chi connectivity index (χ0v) is 10.7. The van der Waals surface area contributed by atoms with E-state index in [1.54, 1.807) is 11.3 Å². The smallest absolute Gasteiger partial charge is 0.159 e. The molecule has 0 bridgehead atoms. The van der Waals surface area contributed by atoms with Crippen molar-refractivity contribution in [2.24, 2.45) is 0 Å². The van der Waals surface area contributed by atoms with E-state index in [9.17, 15) is 0 Å². The summed E-state index contributed by atoms with van der Waals surface area (Å²) in [6.45, 7) is 0. The van der Waals surface area contributed by atoms with Crippen LogP contribution >= 0.6 is 43.3 Å². The first-order valence-corrected chi connectivity index (χ1v) is 6.82. The van der Waals surface area contributed by atoms with E-state index < -0.39 is 0 Å². The summed E-state index contributed by atoms with van der Waals surface area (Å²) in [6.07, 6.45) is 0. The van der Waals surface area contributed by atoms with Crippen molar-refractivity contribution in [1.82, 2.24) is 4.98 Å². The van der Waals surface area contributed by atoms with Gasteiger partial charge in [0.25, 0.3) is 0 Å². The molecule has 0 radical (unpaired) electrons. The van der Waals surface area contributed by atoms with E-state index in [0.29, 0.717) is 0 Å². The van der Waals surface area contributed by atoms with Crippen molar-refractivity contribution in [2.45, 2.75) is 7.43 Å². The third-order valence-electron chi connectivity index (χ3n) is 2.19. The number of fused-ring (bicyclic) bond motifs is 2. The Morgan fingerprint density at radius 1 is 1.38 bits per heavy atom. The Balaban J connectivity index is 0.000000963. The van der Waals surface area contributed by atoms with Gasteiger partial charge < -0.3 is 4.98 Å². The summed E-state index contributed by atoms with van der Waals surface area (Å²) < 4.78 is 2.02. The van der Waals surface area contributed by atoms with E-state index in [1.165, 1.54) is 15.1 Å². The van der Waals surface area contributed by atoms with Crippen molar-refractivity contribution in [3.05, 3.63) is 33.2 Å². The lowest BCUT2D eigenvalue weighted by Gasteiger charge is -1.98. The monoisotopic (exact) mass is 285 g/mol. The number of thiazole rings is 1. The Morgan fingerprint density at radius 3 is 3.00 bits per heavy atom. The number of aromatic amines is 1. The standard InChI is InChI=1S/C10H5ClNPS2.CH4/c11-6-2-1-3-7-5(6)4-8-9(13-7)12-10(14)15-8;/h1-4H,(H,12,14);1H4. The molecule has 0 aliphatic heterocycles. The summed E-state index contributed by atoms with van der Waals surface area (Å²) in [5, 5.41) is 4.35. The number of hydrogen-bond donors (Lipinski definition) is 1. The Labute approximate surface area is 109 Å². The Bertz CT molecular complexity index is 717. The first-order valence-electron chi connectivity index (χ1n) is 4.32. The number of hydrogen-bond acceptors (Lipinski definition) is 2. The van der Waals surface area contributed by atoms with Crippen LogP contribution in [0.15, 0.2) is 24.3 Å². The highest BCUT2D eigenvalue weighted by molar-refractivity contribution is 7.73. The second kappa shape index (κ2) is 4.42. The molecule has 0 fully saturated rings. The van der Waals surface area contributed by atoms with Crippen LogP contribution in [0.1, 0.15) is 7.43 Å². The SMILES string of the molecule is C.S=c1[nH]c2pc3cccc(Cl)c3cc2s1. The van der Waals surface area contributed by atoms with Gasteiger partial charge in [-0.3, -0.25) is 0 Å². The predicted molar refractivity (Wildman–Crippen MR) is 78.8 cm³/mol. The molecule has 3 rings (SSSR count). The Morgan fingerprint density at radius 2 is 2.19 bits per heavy atom. The normalized spacial score (nSPS) is 11.1. The van der Waals surface area contributed by atoms with Gasteiger partial charge in [-0.15, -0.1) is 11.3 Å². The highest BCUT2D eigenvalue weighted by Gasteiger charge is 2.03. The Kier molecular flexibility index (Phi) is 3.32. The fraction of sp³-hybridized carbons (Fsp3) is 0.0909. The van der Waals surface area contributed by atoms with Crippen molar-refractivity contribution < 1.29 is 0 Å². The van der Waals surface area contributed by atoms with E-state index in [0.717, 1.165) is 22.6 Å². The maximum Gasteiger partial charge on any atom is 0.159 e. The number of H-pyrrole nitrogens is 1. The molecule has 5 heteroatoms. The molecule has 0 saturated carbocycles.